The quantitative estimate of drug-likeness (QED) is 0.583. The predicted octanol–water partition coefficient (Wildman–Crippen LogP) is 1.49. The van der Waals surface area contributed by atoms with Crippen molar-refractivity contribution in [2.45, 2.75) is 18.9 Å². The van der Waals surface area contributed by atoms with Gasteiger partial charge in [0.25, 0.3) is 0 Å². The lowest BCUT2D eigenvalue weighted by molar-refractivity contribution is -0.138. The second-order valence-corrected chi connectivity index (χ2v) is 4.40. The van der Waals surface area contributed by atoms with Crippen LogP contribution in [0, 0.1) is 6.42 Å². The Bertz CT molecular complexity index is 484. The molecule has 0 amide bonds. The van der Waals surface area contributed by atoms with Gasteiger partial charge < -0.3 is 10.8 Å². The third-order valence-corrected chi connectivity index (χ3v) is 2.69. The fourth-order valence-electron chi connectivity index (χ4n) is 1.34. The molecule has 0 unspecified atom stereocenters. The molecule has 19 heavy (non-hydrogen) atoms. The van der Waals surface area contributed by atoms with Crippen LogP contribution in [0.25, 0.3) is 0 Å². The Kier molecular flexibility index (Phi) is 5.66. The predicted molar refractivity (Wildman–Crippen MR) is 69.9 cm³/mol. The van der Waals surface area contributed by atoms with Crippen LogP contribution in [0.1, 0.15) is 23.2 Å². The Morgan fingerprint density at radius 2 is 1.84 bits per heavy atom. The van der Waals surface area contributed by atoms with E-state index in [1.807, 2.05) is 0 Å². The number of halogens is 1. The van der Waals surface area contributed by atoms with Gasteiger partial charge in [-0.25, -0.2) is 0 Å². The summed E-state index contributed by atoms with van der Waals surface area (Å²) in [5.41, 5.74) is 5.61. The van der Waals surface area contributed by atoms with Gasteiger partial charge in [0.1, 0.15) is 11.8 Å². The van der Waals surface area contributed by atoms with Crippen LogP contribution < -0.4 is 5.73 Å². The van der Waals surface area contributed by atoms with E-state index < -0.39 is 23.6 Å². The topological polar surface area (TPSA) is 97.5 Å². The van der Waals surface area contributed by atoms with Crippen molar-refractivity contribution in [2.75, 3.05) is 0 Å². The number of carbonyl (C=O) groups excluding carboxylic acids is 2. The monoisotopic (exact) mass is 282 g/mol. The first-order valence-electron chi connectivity index (χ1n) is 5.56. The Balaban J connectivity index is 2.46. The molecular weight excluding hydrogens is 270 g/mol. The SMILES string of the molecule is N[C@@H](CCC(=O)[CH]C(=O)c1ccc(Cl)cc1)C(=O)O. The third-order valence-electron chi connectivity index (χ3n) is 2.44. The van der Waals surface area contributed by atoms with Crippen molar-refractivity contribution in [3.05, 3.63) is 41.3 Å². The van der Waals surface area contributed by atoms with E-state index in [-0.39, 0.29) is 12.8 Å². The van der Waals surface area contributed by atoms with Crippen molar-refractivity contribution in [1.29, 1.82) is 0 Å². The fourth-order valence-corrected chi connectivity index (χ4v) is 1.46. The molecule has 0 aliphatic rings. The van der Waals surface area contributed by atoms with Gasteiger partial charge in [-0.2, -0.15) is 0 Å². The first kappa shape index (κ1) is 15.3. The Morgan fingerprint density at radius 3 is 2.37 bits per heavy atom. The average molecular weight is 283 g/mol. The van der Waals surface area contributed by atoms with Crippen molar-refractivity contribution in [3.63, 3.8) is 0 Å². The summed E-state index contributed by atoms with van der Waals surface area (Å²) >= 11 is 5.68. The van der Waals surface area contributed by atoms with Crippen LogP contribution in [0.2, 0.25) is 5.02 Å². The molecule has 0 spiro atoms. The highest BCUT2D eigenvalue weighted by molar-refractivity contribution is 6.30. The molecule has 0 aliphatic carbocycles. The van der Waals surface area contributed by atoms with Crippen LogP contribution in [-0.4, -0.2) is 28.7 Å². The smallest absolute Gasteiger partial charge is 0.320 e. The van der Waals surface area contributed by atoms with E-state index in [4.69, 9.17) is 22.4 Å². The van der Waals surface area contributed by atoms with Gasteiger partial charge in [-0.15, -0.1) is 0 Å². The molecule has 0 aliphatic heterocycles. The van der Waals surface area contributed by atoms with Gasteiger partial charge >= 0.3 is 5.97 Å². The van der Waals surface area contributed by atoms with Gasteiger partial charge in [-0.3, -0.25) is 14.4 Å². The van der Waals surface area contributed by atoms with Crippen molar-refractivity contribution in [2.24, 2.45) is 5.73 Å². The zero-order valence-electron chi connectivity index (χ0n) is 10.0. The normalized spacial score (nSPS) is 11.9. The van der Waals surface area contributed by atoms with Crippen LogP contribution in [0.5, 0.6) is 0 Å². The summed E-state index contributed by atoms with van der Waals surface area (Å²) in [5.74, 6) is -2.06. The minimum absolute atomic E-state index is 0.00142. The fraction of sp³-hybridized carbons (Fsp3) is 0.231. The van der Waals surface area contributed by atoms with E-state index in [1.165, 1.54) is 12.1 Å². The maximum atomic E-state index is 11.7. The van der Waals surface area contributed by atoms with E-state index in [0.29, 0.717) is 10.6 Å². The number of carboxylic acids is 1. The van der Waals surface area contributed by atoms with E-state index >= 15 is 0 Å². The highest BCUT2D eigenvalue weighted by atomic mass is 35.5. The summed E-state index contributed by atoms with van der Waals surface area (Å²) in [5, 5.41) is 9.05. The largest absolute Gasteiger partial charge is 0.480 e. The first-order valence-corrected chi connectivity index (χ1v) is 5.94. The molecule has 0 saturated carbocycles. The zero-order chi connectivity index (χ0) is 14.4. The molecule has 0 fully saturated rings. The van der Waals surface area contributed by atoms with Gasteiger partial charge in [0.05, 0.1) is 6.42 Å². The van der Waals surface area contributed by atoms with Crippen molar-refractivity contribution in [1.82, 2.24) is 0 Å². The number of ketones is 2. The summed E-state index contributed by atoms with van der Waals surface area (Å²) in [6.45, 7) is 0. The van der Waals surface area contributed by atoms with E-state index in [0.717, 1.165) is 6.42 Å². The second kappa shape index (κ2) is 7.01. The molecule has 1 aromatic carbocycles. The van der Waals surface area contributed by atoms with Crippen LogP contribution in [0.15, 0.2) is 24.3 Å². The highest BCUT2D eigenvalue weighted by Gasteiger charge is 2.16. The molecule has 101 valence electrons. The number of carbonyl (C=O) groups is 3. The number of rotatable bonds is 7. The summed E-state index contributed by atoms with van der Waals surface area (Å²) in [6.07, 6.45) is 0.864. The van der Waals surface area contributed by atoms with Gasteiger partial charge in [-0.1, -0.05) is 11.6 Å². The van der Waals surface area contributed by atoms with Gasteiger partial charge in [0, 0.05) is 17.0 Å². The van der Waals surface area contributed by atoms with Crippen molar-refractivity contribution in [3.8, 4) is 0 Å². The van der Waals surface area contributed by atoms with Crippen LogP contribution >= 0.6 is 11.6 Å². The number of hydrogen-bond donors (Lipinski definition) is 2. The number of hydrogen-bond acceptors (Lipinski definition) is 4. The summed E-state index contributed by atoms with van der Waals surface area (Å²) < 4.78 is 0. The molecule has 0 bridgehead atoms. The molecule has 1 rings (SSSR count). The van der Waals surface area contributed by atoms with Crippen LogP contribution in [0.3, 0.4) is 0 Å². The van der Waals surface area contributed by atoms with Crippen molar-refractivity contribution >= 4 is 29.1 Å². The highest BCUT2D eigenvalue weighted by Crippen LogP contribution is 2.11. The molecule has 1 atom stereocenters. The van der Waals surface area contributed by atoms with Gasteiger partial charge in [0.15, 0.2) is 5.78 Å². The van der Waals surface area contributed by atoms with Gasteiger partial charge in [0.2, 0.25) is 0 Å². The first-order chi connectivity index (χ1) is 8.90. The lowest BCUT2D eigenvalue weighted by Crippen LogP contribution is -2.30. The molecule has 0 heterocycles. The zero-order valence-corrected chi connectivity index (χ0v) is 10.8. The third kappa shape index (κ3) is 5.19. The minimum Gasteiger partial charge on any atom is -0.480 e. The Morgan fingerprint density at radius 1 is 1.26 bits per heavy atom. The molecule has 0 aromatic heterocycles. The number of aliphatic carboxylic acids is 1. The molecule has 1 radical (unpaired) electrons. The molecule has 5 nitrogen and oxygen atoms in total. The Labute approximate surface area is 115 Å². The summed E-state index contributed by atoms with van der Waals surface area (Å²) in [6, 6.07) is 5.03. The standard InChI is InChI=1S/C13H13ClNO4/c14-9-3-1-8(2-4-9)12(17)7-10(16)5-6-11(15)13(18)19/h1-4,7,11H,5-6,15H2,(H,18,19)/t11-/m0/s1. The minimum atomic E-state index is -1.17. The number of benzene rings is 1. The summed E-state index contributed by atoms with van der Waals surface area (Å²) in [4.78, 5) is 33.6. The van der Waals surface area contributed by atoms with Crippen LogP contribution in [-0.2, 0) is 9.59 Å². The average Bonchev–Trinajstić information content (AvgIpc) is 2.36. The van der Waals surface area contributed by atoms with Crippen LogP contribution in [0.4, 0.5) is 0 Å². The lowest BCUT2D eigenvalue weighted by atomic mass is 10.0. The molecule has 6 heteroatoms. The van der Waals surface area contributed by atoms with E-state index in [1.54, 1.807) is 12.1 Å². The number of carboxylic acid groups (broad SMARTS) is 1. The second-order valence-electron chi connectivity index (χ2n) is 3.97. The Hall–Kier alpha value is -1.72. The van der Waals surface area contributed by atoms with E-state index in [9.17, 15) is 14.4 Å². The number of nitrogens with two attached hydrogens (primary N) is 1. The molecule has 3 N–H and O–H groups in total. The lowest BCUT2D eigenvalue weighted by Gasteiger charge is -2.05. The molecule has 1 aromatic rings. The summed E-state index contributed by atoms with van der Waals surface area (Å²) in [7, 11) is 0. The van der Waals surface area contributed by atoms with Gasteiger partial charge in [-0.05, 0) is 30.7 Å². The molecule has 0 saturated heterocycles. The number of Topliss-reactive ketones (excluding diaryl/α,β-unsaturated/α-hetero) is 2. The van der Waals surface area contributed by atoms with Crippen molar-refractivity contribution < 1.29 is 19.5 Å². The maximum Gasteiger partial charge on any atom is 0.320 e. The molecular formula is C13H13ClNO4. The van der Waals surface area contributed by atoms with E-state index in [2.05, 4.69) is 0 Å². The maximum absolute atomic E-state index is 11.7.